The van der Waals surface area contributed by atoms with Crippen LogP contribution in [-0.2, 0) is 6.42 Å². The predicted molar refractivity (Wildman–Crippen MR) is 69.5 cm³/mol. The summed E-state index contributed by atoms with van der Waals surface area (Å²) < 4.78 is 4.95. The molecule has 1 heterocycles. The smallest absolute Gasteiger partial charge is 0.127 e. The number of rotatable bonds is 4. The highest BCUT2D eigenvalue weighted by atomic mass is 79.9. The van der Waals surface area contributed by atoms with E-state index in [2.05, 4.69) is 21.1 Å². The van der Waals surface area contributed by atoms with Crippen molar-refractivity contribution in [2.75, 3.05) is 6.61 Å². The number of nitrogens with zero attached hydrogens (tertiary/aromatic N) is 1. The number of aliphatic hydroxyl groups excluding tert-OH is 1. The molecule has 0 aliphatic heterocycles. The third-order valence-electron chi connectivity index (χ3n) is 2.47. The zero-order valence-electron chi connectivity index (χ0n) is 8.94. The first-order chi connectivity index (χ1) is 8.24. The number of halogens is 2. The third kappa shape index (κ3) is 2.70. The van der Waals surface area contributed by atoms with Gasteiger partial charge in [0.25, 0.3) is 0 Å². The Kier molecular flexibility index (Phi) is 4.20. The maximum atomic E-state index is 8.96. The molecule has 0 radical (unpaired) electrons. The average Bonchev–Trinajstić information content (AvgIpc) is 2.78. The van der Waals surface area contributed by atoms with Gasteiger partial charge >= 0.3 is 0 Å². The Hall–Kier alpha value is -0.840. The maximum Gasteiger partial charge on any atom is 0.127 e. The van der Waals surface area contributed by atoms with Gasteiger partial charge < -0.3 is 9.63 Å². The Balaban J connectivity index is 2.34. The molecule has 0 saturated carbocycles. The molecule has 2 rings (SSSR count). The fourth-order valence-corrected chi connectivity index (χ4v) is 2.76. The predicted octanol–water partition coefficient (Wildman–Crippen LogP) is 3.35. The molecule has 1 aromatic heterocycles. The summed E-state index contributed by atoms with van der Waals surface area (Å²) in [5.74, 6) is 0. The summed E-state index contributed by atoms with van der Waals surface area (Å²) in [6, 6.07) is 7.56. The zero-order chi connectivity index (χ0) is 12.3. The van der Waals surface area contributed by atoms with Crippen molar-refractivity contribution < 1.29 is 9.63 Å². The normalized spacial score (nSPS) is 12.6. The van der Waals surface area contributed by atoms with Crippen molar-refractivity contribution >= 4 is 27.5 Å². The topological polar surface area (TPSA) is 46.3 Å². The van der Waals surface area contributed by atoms with Crippen LogP contribution < -0.4 is 0 Å². The maximum absolute atomic E-state index is 8.96. The summed E-state index contributed by atoms with van der Waals surface area (Å²) in [6.07, 6.45) is 2.07. The van der Waals surface area contributed by atoms with E-state index in [1.807, 2.05) is 24.3 Å². The lowest BCUT2D eigenvalue weighted by molar-refractivity contribution is 0.299. The molecule has 90 valence electrons. The monoisotopic (exact) mass is 315 g/mol. The van der Waals surface area contributed by atoms with Crippen LogP contribution in [0.3, 0.4) is 0 Å². The fraction of sp³-hybridized carbons (Fsp3) is 0.250. The second-order valence-electron chi connectivity index (χ2n) is 3.58. The molecule has 2 aromatic rings. The quantitative estimate of drug-likeness (QED) is 0.880. The molecule has 0 aliphatic carbocycles. The molecule has 0 bridgehead atoms. The molecule has 5 heteroatoms. The van der Waals surface area contributed by atoms with Crippen molar-refractivity contribution in [2.45, 2.75) is 11.2 Å². The molecule has 1 N–H and O–H groups in total. The number of benzene rings is 1. The number of aliphatic hydroxyl groups is 1. The van der Waals surface area contributed by atoms with E-state index >= 15 is 0 Å². The van der Waals surface area contributed by atoms with Crippen LogP contribution in [0.1, 0.15) is 21.6 Å². The minimum absolute atomic E-state index is 0.0659. The van der Waals surface area contributed by atoms with Crippen molar-refractivity contribution in [3.63, 3.8) is 0 Å². The van der Waals surface area contributed by atoms with Gasteiger partial charge in [-0.2, -0.15) is 0 Å². The number of hydrogen-bond acceptors (Lipinski definition) is 3. The minimum atomic E-state index is -0.128. The van der Waals surface area contributed by atoms with Crippen molar-refractivity contribution in [3.05, 3.63) is 52.4 Å². The molecule has 0 unspecified atom stereocenters. The molecular weight excluding hydrogens is 305 g/mol. The highest BCUT2D eigenvalue weighted by Gasteiger charge is 2.20. The summed E-state index contributed by atoms with van der Waals surface area (Å²) in [5, 5.41) is 13.6. The first-order valence-electron chi connectivity index (χ1n) is 5.16. The van der Waals surface area contributed by atoms with Crippen LogP contribution in [0.25, 0.3) is 0 Å². The van der Waals surface area contributed by atoms with Crippen LogP contribution in [0, 0.1) is 0 Å². The van der Waals surface area contributed by atoms with Crippen LogP contribution in [0.2, 0.25) is 5.02 Å². The van der Waals surface area contributed by atoms with Gasteiger partial charge in [0.15, 0.2) is 0 Å². The Bertz CT molecular complexity index is 501. The van der Waals surface area contributed by atoms with Gasteiger partial charge in [0, 0.05) is 23.6 Å². The van der Waals surface area contributed by atoms with E-state index in [4.69, 9.17) is 21.2 Å². The molecule has 0 aliphatic rings. The van der Waals surface area contributed by atoms with Gasteiger partial charge in [0.2, 0.25) is 0 Å². The van der Waals surface area contributed by atoms with Crippen LogP contribution in [0.5, 0.6) is 0 Å². The Morgan fingerprint density at radius 3 is 2.88 bits per heavy atom. The standard InChI is InChI=1S/C12H11BrClNO2/c13-11(9-3-1-2-4-10(9)14)12-8(5-6-16)7-17-15-12/h1-4,7,11,16H,5-6H2/t11-/m1/s1. The Labute approximate surface area is 113 Å². The van der Waals surface area contributed by atoms with Gasteiger partial charge in [0.05, 0.1) is 4.83 Å². The lowest BCUT2D eigenvalue weighted by Gasteiger charge is -2.10. The molecule has 0 saturated heterocycles. The first kappa shape index (κ1) is 12.6. The lowest BCUT2D eigenvalue weighted by atomic mass is 10.1. The van der Waals surface area contributed by atoms with E-state index < -0.39 is 0 Å². The highest BCUT2D eigenvalue weighted by molar-refractivity contribution is 9.09. The summed E-state index contributed by atoms with van der Waals surface area (Å²) in [4.78, 5) is -0.128. The largest absolute Gasteiger partial charge is 0.396 e. The lowest BCUT2D eigenvalue weighted by Crippen LogP contribution is -2.00. The molecule has 3 nitrogen and oxygen atoms in total. The molecular formula is C12H11BrClNO2. The van der Waals surface area contributed by atoms with Gasteiger partial charge in [-0.25, -0.2) is 0 Å². The van der Waals surface area contributed by atoms with E-state index in [0.717, 1.165) is 16.8 Å². The summed E-state index contributed by atoms with van der Waals surface area (Å²) in [6.45, 7) is 0.0659. The Morgan fingerprint density at radius 1 is 1.41 bits per heavy atom. The first-order valence-corrected chi connectivity index (χ1v) is 6.46. The van der Waals surface area contributed by atoms with Gasteiger partial charge in [0.1, 0.15) is 12.0 Å². The van der Waals surface area contributed by atoms with Gasteiger partial charge in [-0.3, -0.25) is 0 Å². The van der Waals surface area contributed by atoms with Crippen molar-refractivity contribution in [2.24, 2.45) is 0 Å². The fourth-order valence-electron chi connectivity index (χ4n) is 1.61. The number of aromatic nitrogens is 1. The second-order valence-corrected chi connectivity index (χ2v) is 4.91. The molecule has 0 spiro atoms. The summed E-state index contributed by atoms with van der Waals surface area (Å²) >= 11 is 9.68. The minimum Gasteiger partial charge on any atom is -0.396 e. The van der Waals surface area contributed by atoms with Gasteiger partial charge in [-0.15, -0.1) is 0 Å². The van der Waals surface area contributed by atoms with Crippen molar-refractivity contribution in [1.29, 1.82) is 0 Å². The number of hydrogen-bond donors (Lipinski definition) is 1. The van der Waals surface area contributed by atoms with E-state index in [1.165, 1.54) is 0 Å². The van der Waals surface area contributed by atoms with E-state index in [0.29, 0.717) is 11.4 Å². The second kappa shape index (κ2) is 5.67. The average molecular weight is 317 g/mol. The van der Waals surface area contributed by atoms with Crippen LogP contribution in [0.4, 0.5) is 0 Å². The van der Waals surface area contributed by atoms with Crippen LogP contribution in [0.15, 0.2) is 35.1 Å². The summed E-state index contributed by atoms with van der Waals surface area (Å²) in [5.41, 5.74) is 2.57. The third-order valence-corrected chi connectivity index (χ3v) is 3.75. The van der Waals surface area contributed by atoms with E-state index in [-0.39, 0.29) is 11.4 Å². The highest BCUT2D eigenvalue weighted by Crippen LogP contribution is 2.35. The number of alkyl halides is 1. The summed E-state index contributed by atoms with van der Waals surface area (Å²) in [7, 11) is 0. The van der Waals surface area contributed by atoms with Crippen molar-refractivity contribution in [1.82, 2.24) is 5.16 Å². The SMILES string of the molecule is OCCc1conc1[C@H](Br)c1ccccc1Cl. The zero-order valence-corrected chi connectivity index (χ0v) is 11.3. The molecule has 1 aromatic carbocycles. The van der Waals surface area contributed by atoms with E-state index in [1.54, 1.807) is 6.26 Å². The molecule has 1 atom stereocenters. The van der Waals surface area contributed by atoms with Crippen molar-refractivity contribution in [3.8, 4) is 0 Å². The van der Waals surface area contributed by atoms with Crippen LogP contribution in [-0.4, -0.2) is 16.9 Å². The van der Waals surface area contributed by atoms with Gasteiger partial charge in [-0.1, -0.05) is 50.9 Å². The van der Waals surface area contributed by atoms with Gasteiger partial charge in [-0.05, 0) is 11.6 Å². The Morgan fingerprint density at radius 2 is 2.18 bits per heavy atom. The van der Waals surface area contributed by atoms with E-state index in [9.17, 15) is 0 Å². The molecule has 0 fully saturated rings. The molecule has 17 heavy (non-hydrogen) atoms. The molecule has 0 amide bonds. The van der Waals surface area contributed by atoms with Crippen LogP contribution >= 0.6 is 27.5 Å².